The maximum atomic E-state index is 9.32. The molecule has 0 fully saturated rings. The number of nitrogens with two attached hydrogens (primary N) is 1. The van der Waals surface area contributed by atoms with Crippen molar-refractivity contribution in [3.05, 3.63) is 24.3 Å². The second-order valence-corrected chi connectivity index (χ2v) is 4.20. The van der Waals surface area contributed by atoms with E-state index in [9.17, 15) is 5.11 Å². The molecule has 3 N–H and O–H groups in total. The summed E-state index contributed by atoms with van der Waals surface area (Å²) >= 11 is 0. The van der Waals surface area contributed by atoms with Gasteiger partial charge in [-0.25, -0.2) is 0 Å². The number of benzene rings is 1. The average Bonchev–Trinajstić information content (AvgIpc) is 2.37. The van der Waals surface area contributed by atoms with Crippen LogP contribution in [0, 0.1) is 0 Å². The second kappa shape index (κ2) is 7.95. The molecule has 1 aromatic rings. The molecular formula is C14H23NO3. The highest BCUT2D eigenvalue weighted by molar-refractivity contribution is 5.33. The SMILES string of the molecule is CCCC(N)C(CO)Oc1cccc(OCC)c1. The largest absolute Gasteiger partial charge is 0.494 e. The minimum atomic E-state index is -0.373. The lowest BCUT2D eigenvalue weighted by atomic mass is 10.1. The molecule has 2 atom stereocenters. The van der Waals surface area contributed by atoms with E-state index in [0.29, 0.717) is 12.4 Å². The van der Waals surface area contributed by atoms with Gasteiger partial charge in [0.1, 0.15) is 17.6 Å². The Hall–Kier alpha value is -1.26. The lowest BCUT2D eigenvalue weighted by Gasteiger charge is -2.23. The molecule has 0 aromatic heterocycles. The van der Waals surface area contributed by atoms with Gasteiger partial charge in [0.15, 0.2) is 0 Å². The summed E-state index contributed by atoms with van der Waals surface area (Å²) in [6.45, 7) is 4.52. The standard InChI is InChI=1S/C14H23NO3/c1-3-6-13(15)14(10-16)18-12-8-5-7-11(9-12)17-4-2/h5,7-9,13-14,16H,3-4,6,10,15H2,1-2H3. The van der Waals surface area contributed by atoms with Crippen LogP contribution in [0.2, 0.25) is 0 Å². The van der Waals surface area contributed by atoms with Crippen LogP contribution in [0.4, 0.5) is 0 Å². The molecule has 0 aliphatic heterocycles. The van der Waals surface area contributed by atoms with Gasteiger partial charge in [0.25, 0.3) is 0 Å². The van der Waals surface area contributed by atoms with Crippen LogP contribution < -0.4 is 15.2 Å². The van der Waals surface area contributed by atoms with Crippen molar-refractivity contribution in [1.29, 1.82) is 0 Å². The lowest BCUT2D eigenvalue weighted by Crippen LogP contribution is -2.41. The number of hydrogen-bond acceptors (Lipinski definition) is 4. The summed E-state index contributed by atoms with van der Waals surface area (Å²) < 4.78 is 11.1. The molecule has 18 heavy (non-hydrogen) atoms. The quantitative estimate of drug-likeness (QED) is 0.743. The summed E-state index contributed by atoms with van der Waals surface area (Å²) in [5.74, 6) is 1.43. The predicted molar refractivity (Wildman–Crippen MR) is 72.0 cm³/mol. The van der Waals surface area contributed by atoms with Gasteiger partial charge in [0.2, 0.25) is 0 Å². The number of aliphatic hydroxyl groups is 1. The van der Waals surface area contributed by atoms with Gasteiger partial charge in [-0.05, 0) is 25.5 Å². The van der Waals surface area contributed by atoms with Crippen LogP contribution in [-0.4, -0.2) is 30.5 Å². The van der Waals surface area contributed by atoms with Crippen molar-refractivity contribution in [2.75, 3.05) is 13.2 Å². The molecule has 0 aliphatic rings. The van der Waals surface area contributed by atoms with E-state index in [4.69, 9.17) is 15.2 Å². The van der Waals surface area contributed by atoms with Gasteiger partial charge in [0.05, 0.1) is 13.2 Å². The highest BCUT2D eigenvalue weighted by Crippen LogP contribution is 2.21. The highest BCUT2D eigenvalue weighted by atomic mass is 16.5. The fourth-order valence-electron chi connectivity index (χ4n) is 1.76. The first kappa shape index (κ1) is 14.8. The van der Waals surface area contributed by atoms with Crippen molar-refractivity contribution in [2.45, 2.75) is 38.8 Å². The van der Waals surface area contributed by atoms with Crippen LogP contribution in [-0.2, 0) is 0 Å². The third kappa shape index (κ3) is 4.55. The topological polar surface area (TPSA) is 64.7 Å². The molecule has 0 heterocycles. The Morgan fingerprint density at radius 3 is 2.61 bits per heavy atom. The fraction of sp³-hybridized carbons (Fsp3) is 0.571. The van der Waals surface area contributed by atoms with Crippen molar-refractivity contribution in [3.63, 3.8) is 0 Å². The van der Waals surface area contributed by atoms with Gasteiger partial charge in [-0.15, -0.1) is 0 Å². The Balaban J connectivity index is 2.66. The normalized spacial score (nSPS) is 14.0. The molecule has 0 bridgehead atoms. The molecule has 0 radical (unpaired) electrons. The molecule has 0 spiro atoms. The fourth-order valence-corrected chi connectivity index (χ4v) is 1.76. The van der Waals surface area contributed by atoms with Crippen LogP contribution in [0.3, 0.4) is 0 Å². The van der Waals surface area contributed by atoms with Crippen LogP contribution >= 0.6 is 0 Å². The number of rotatable bonds is 8. The third-order valence-electron chi connectivity index (χ3n) is 2.68. The Labute approximate surface area is 109 Å². The predicted octanol–water partition coefficient (Wildman–Crippen LogP) is 1.95. The third-order valence-corrected chi connectivity index (χ3v) is 2.68. The average molecular weight is 253 g/mol. The minimum absolute atomic E-state index is 0.0833. The van der Waals surface area contributed by atoms with E-state index < -0.39 is 0 Å². The zero-order valence-corrected chi connectivity index (χ0v) is 11.1. The van der Waals surface area contributed by atoms with Crippen LogP contribution in [0.15, 0.2) is 24.3 Å². The second-order valence-electron chi connectivity index (χ2n) is 4.20. The Morgan fingerprint density at radius 1 is 1.28 bits per heavy atom. The Bertz CT molecular complexity index is 344. The molecule has 0 saturated carbocycles. The summed E-state index contributed by atoms with van der Waals surface area (Å²) in [6.07, 6.45) is 1.43. The molecule has 4 nitrogen and oxygen atoms in total. The molecule has 0 amide bonds. The van der Waals surface area contributed by atoms with Gasteiger partial charge in [-0.2, -0.15) is 0 Å². The zero-order chi connectivity index (χ0) is 13.4. The van der Waals surface area contributed by atoms with Gasteiger partial charge < -0.3 is 20.3 Å². The van der Waals surface area contributed by atoms with Crippen molar-refractivity contribution < 1.29 is 14.6 Å². The first-order chi connectivity index (χ1) is 8.71. The first-order valence-electron chi connectivity index (χ1n) is 6.47. The van der Waals surface area contributed by atoms with Crippen LogP contribution in [0.5, 0.6) is 11.5 Å². The van der Waals surface area contributed by atoms with Crippen molar-refractivity contribution in [2.24, 2.45) is 5.73 Å². The van der Waals surface area contributed by atoms with Gasteiger partial charge in [-0.3, -0.25) is 0 Å². The summed E-state index contributed by atoms with van der Waals surface area (Å²) in [4.78, 5) is 0. The van der Waals surface area contributed by atoms with Gasteiger partial charge in [0, 0.05) is 12.1 Å². The minimum Gasteiger partial charge on any atom is -0.494 e. The van der Waals surface area contributed by atoms with E-state index in [2.05, 4.69) is 6.92 Å². The molecule has 1 rings (SSSR count). The van der Waals surface area contributed by atoms with Gasteiger partial charge >= 0.3 is 0 Å². The molecule has 1 aromatic carbocycles. The molecule has 4 heteroatoms. The molecule has 0 aliphatic carbocycles. The molecular weight excluding hydrogens is 230 g/mol. The van der Waals surface area contributed by atoms with Crippen LogP contribution in [0.1, 0.15) is 26.7 Å². The summed E-state index contributed by atoms with van der Waals surface area (Å²) in [7, 11) is 0. The lowest BCUT2D eigenvalue weighted by molar-refractivity contribution is 0.0914. The maximum Gasteiger partial charge on any atom is 0.137 e. The Morgan fingerprint density at radius 2 is 2.00 bits per heavy atom. The maximum absolute atomic E-state index is 9.32. The zero-order valence-electron chi connectivity index (χ0n) is 11.1. The van der Waals surface area contributed by atoms with E-state index in [1.807, 2.05) is 31.2 Å². The molecule has 102 valence electrons. The summed E-state index contributed by atoms with van der Waals surface area (Å²) in [5, 5.41) is 9.32. The van der Waals surface area contributed by atoms with E-state index in [0.717, 1.165) is 18.6 Å². The van der Waals surface area contributed by atoms with E-state index in [1.54, 1.807) is 0 Å². The highest BCUT2D eigenvalue weighted by Gasteiger charge is 2.18. The van der Waals surface area contributed by atoms with Crippen molar-refractivity contribution >= 4 is 0 Å². The summed E-state index contributed by atoms with van der Waals surface area (Å²) in [5.41, 5.74) is 5.97. The first-order valence-corrected chi connectivity index (χ1v) is 6.47. The van der Waals surface area contributed by atoms with Crippen molar-refractivity contribution in [3.8, 4) is 11.5 Å². The Kier molecular flexibility index (Phi) is 6.54. The molecule has 0 saturated heterocycles. The van der Waals surface area contributed by atoms with Gasteiger partial charge in [-0.1, -0.05) is 19.4 Å². The number of hydrogen-bond donors (Lipinski definition) is 2. The van der Waals surface area contributed by atoms with E-state index in [-0.39, 0.29) is 18.8 Å². The van der Waals surface area contributed by atoms with Crippen LogP contribution in [0.25, 0.3) is 0 Å². The smallest absolute Gasteiger partial charge is 0.137 e. The number of aliphatic hydroxyl groups excluding tert-OH is 1. The monoisotopic (exact) mass is 253 g/mol. The van der Waals surface area contributed by atoms with E-state index in [1.165, 1.54) is 0 Å². The number of ether oxygens (including phenoxy) is 2. The van der Waals surface area contributed by atoms with Crippen molar-refractivity contribution in [1.82, 2.24) is 0 Å². The molecule has 2 unspecified atom stereocenters. The summed E-state index contributed by atoms with van der Waals surface area (Å²) in [6, 6.07) is 7.22. The van der Waals surface area contributed by atoms with E-state index >= 15 is 0 Å².